The first-order valence-corrected chi connectivity index (χ1v) is 10.5. The minimum atomic E-state index is -0.263. The number of carbonyl (C=O) groups excluding carboxylic acids is 1. The van der Waals surface area contributed by atoms with Crippen molar-refractivity contribution in [2.24, 2.45) is 17.6 Å². The van der Waals surface area contributed by atoms with Crippen molar-refractivity contribution in [3.05, 3.63) is 47.3 Å². The quantitative estimate of drug-likeness (QED) is 0.732. The highest BCUT2D eigenvalue weighted by Crippen LogP contribution is 2.28. The summed E-state index contributed by atoms with van der Waals surface area (Å²) in [5.74, 6) is 0.610. The van der Waals surface area contributed by atoms with Crippen molar-refractivity contribution in [1.29, 1.82) is 0 Å². The summed E-state index contributed by atoms with van der Waals surface area (Å²) in [6.07, 6.45) is 5.32. The Morgan fingerprint density at radius 3 is 2.61 bits per heavy atom. The van der Waals surface area contributed by atoms with Crippen LogP contribution in [-0.4, -0.2) is 33.9 Å². The minimum Gasteiger partial charge on any atom is -0.322 e. The number of piperidine rings is 1. The van der Waals surface area contributed by atoms with E-state index in [0.717, 1.165) is 38.0 Å². The zero-order valence-electron chi connectivity index (χ0n) is 17.3. The lowest BCUT2D eigenvalue weighted by molar-refractivity contribution is -0.128. The largest absolute Gasteiger partial charge is 0.322 e. The third-order valence-electron chi connectivity index (χ3n) is 5.99. The summed E-state index contributed by atoms with van der Waals surface area (Å²) in [4.78, 5) is 13.3. The number of nitrogens with one attached hydrogen (secondary N) is 1. The number of nitrogens with zero attached hydrogens (tertiary/aromatic N) is 3. The van der Waals surface area contributed by atoms with Crippen LogP contribution in [0.5, 0.6) is 0 Å². The topological polar surface area (TPSA) is 85.8 Å². The van der Waals surface area contributed by atoms with Crippen molar-refractivity contribution >= 4 is 5.78 Å². The summed E-state index contributed by atoms with van der Waals surface area (Å²) >= 11 is 0. The van der Waals surface area contributed by atoms with Crippen LogP contribution in [0, 0.1) is 18.8 Å². The molecule has 1 aromatic heterocycles. The second-order valence-electron chi connectivity index (χ2n) is 8.18. The molecule has 3 atom stereocenters. The molecule has 1 aliphatic heterocycles. The molecule has 3 N–H and O–H groups in total. The second-order valence-corrected chi connectivity index (χ2v) is 8.18. The van der Waals surface area contributed by atoms with Gasteiger partial charge in [-0.25, -0.2) is 4.68 Å². The molecule has 0 aliphatic carbocycles. The molecule has 0 spiro atoms. The van der Waals surface area contributed by atoms with Crippen LogP contribution in [-0.2, 0) is 11.2 Å². The lowest BCUT2D eigenvalue weighted by Gasteiger charge is -2.28. The van der Waals surface area contributed by atoms with E-state index in [0.29, 0.717) is 12.2 Å². The maximum Gasteiger partial charge on any atom is 0.160 e. The number of hydrogen-bond acceptors (Lipinski definition) is 5. The summed E-state index contributed by atoms with van der Waals surface area (Å²) < 4.78 is 1.77. The Labute approximate surface area is 167 Å². The van der Waals surface area contributed by atoms with Gasteiger partial charge in [-0.3, -0.25) is 4.79 Å². The maximum absolute atomic E-state index is 13.3. The van der Waals surface area contributed by atoms with E-state index in [2.05, 4.69) is 60.7 Å². The summed E-state index contributed by atoms with van der Waals surface area (Å²) in [5.41, 5.74) is 9.55. The molecule has 3 rings (SSSR count). The van der Waals surface area contributed by atoms with Crippen LogP contribution in [0.3, 0.4) is 0 Å². The van der Waals surface area contributed by atoms with Gasteiger partial charge < -0.3 is 11.1 Å². The van der Waals surface area contributed by atoms with Gasteiger partial charge in [0.25, 0.3) is 0 Å². The van der Waals surface area contributed by atoms with Crippen molar-refractivity contribution in [1.82, 2.24) is 20.3 Å². The summed E-state index contributed by atoms with van der Waals surface area (Å²) in [6, 6.07) is 7.89. The molecule has 2 aromatic rings. The molecule has 2 heterocycles. The van der Waals surface area contributed by atoms with Gasteiger partial charge in [0.2, 0.25) is 0 Å². The fourth-order valence-corrected chi connectivity index (χ4v) is 3.92. The maximum atomic E-state index is 13.3. The van der Waals surface area contributed by atoms with E-state index >= 15 is 0 Å². The van der Waals surface area contributed by atoms with E-state index in [1.54, 1.807) is 4.68 Å². The van der Waals surface area contributed by atoms with Crippen molar-refractivity contribution in [3.63, 3.8) is 0 Å². The van der Waals surface area contributed by atoms with Crippen LogP contribution in [0.2, 0.25) is 0 Å². The van der Waals surface area contributed by atoms with Crippen LogP contribution in [0.15, 0.2) is 30.5 Å². The number of hydrogen-bond donors (Lipinski definition) is 2. The van der Waals surface area contributed by atoms with E-state index in [1.165, 1.54) is 11.1 Å². The highest BCUT2D eigenvalue weighted by Gasteiger charge is 2.33. The van der Waals surface area contributed by atoms with E-state index in [-0.39, 0.29) is 23.9 Å². The molecule has 28 heavy (non-hydrogen) atoms. The van der Waals surface area contributed by atoms with Gasteiger partial charge in [0, 0.05) is 5.92 Å². The second kappa shape index (κ2) is 9.43. The Kier molecular flexibility index (Phi) is 6.97. The van der Waals surface area contributed by atoms with Gasteiger partial charge in [0.15, 0.2) is 5.78 Å². The number of carbonyl (C=O) groups is 1. The molecule has 1 saturated heterocycles. The van der Waals surface area contributed by atoms with Gasteiger partial charge in [0.05, 0.1) is 17.9 Å². The van der Waals surface area contributed by atoms with Crippen molar-refractivity contribution in [2.45, 2.75) is 58.5 Å². The predicted molar refractivity (Wildman–Crippen MR) is 111 cm³/mol. The minimum absolute atomic E-state index is 0.106. The van der Waals surface area contributed by atoms with E-state index in [1.807, 2.05) is 6.20 Å². The fourth-order valence-electron chi connectivity index (χ4n) is 3.92. The van der Waals surface area contributed by atoms with Crippen LogP contribution >= 0.6 is 0 Å². The molecule has 0 amide bonds. The Morgan fingerprint density at radius 1 is 1.29 bits per heavy atom. The Hall–Kier alpha value is -2.05. The average Bonchev–Trinajstić information content (AvgIpc) is 3.20. The van der Waals surface area contributed by atoms with Gasteiger partial charge in [-0.05, 0) is 50.8 Å². The number of rotatable bonds is 8. The van der Waals surface area contributed by atoms with Crippen LogP contribution in [0.4, 0.5) is 0 Å². The zero-order chi connectivity index (χ0) is 20.1. The molecule has 0 radical (unpaired) electrons. The van der Waals surface area contributed by atoms with Gasteiger partial charge in [-0.15, -0.1) is 5.10 Å². The number of aryl methyl sites for hydroxylation is 1. The van der Waals surface area contributed by atoms with Gasteiger partial charge in [-0.2, -0.15) is 0 Å². The first kappa shape index (κ1) is 20.7. The smallest absolute Gasteiger partial charge is 0.160 e. The van der Waals surface area contributed by atoms with Crippen LogP contribution in [0.25, 0.3) is 0 Å². The fraction of sp³-hybridized carbons (Fsp3) is 0.591. The molecular weight excluding hydrogens is 350 g/mol. The standard InChI is InChI=1S/C22H33N5O/c1-4-16(3)21(22(28)18-9-11-24-12-10-18)27-14-20(25-26-27)19(23)13-17-7-5-15(2)6-8-17/h5-8,14,16,18-19,21,24H,4,9-13,23H2,1-3H3/t16-,19-,21-/m0/s1. The van der Waals surface area contributed by atoms with Crippen molar-refractivity contribution in [3.8, 4) is 0 Å². The number of aromatic nitrogens is 3. The SMILES string of the molecule is CC[C@H](C)[C@@H](C(=O)C1CCNCC1)n1cc([C@@H](N)Cc2ccc(C)cc2)nn1. The van der Waals surface area contributed by atoms with E-state index in [4.69, 9.17) is 5.73 Å². The zero-order valence-corrected chi connectivity index (χ0v) is 17.3. The predicted octanol–water partition coefficient (Wildman–Crippen LogP) is 2.98. The first-order chi connectivity index (χ1) is 13.5. The molecular formula is C22H33N5O. The molecule has 0 saturated carbocycles. The first-order valence-electron chi connectivity index (χ1n) is 10.5. The monoisotopic (exact) mass is 383 g/mol. The number of Topliss-reactive ketones (excluding diaryl/α,β-unsaturated/α-hetero) is 1. The lowest BCUT2D eigenvalue weighted by atomic mass is 9.84. The lowest BCUT2D eigenvalue weighted by Crippen LogP contribution is -2.37. The summed E-state index contributed by atoms with van der Waals surface area (Å²) in [7, 11) is 0. The van der Waals surface area contributed by atoms with Crippen LogP contribution in [0.1, 0.15) is 62.0 Å². The molecule has 0 unspecified atom stereocenters. The highest BCUT2D eigenvalue weighted by molar-refractivity contribution is 5.85. The van der Waals surface area contributed by atoms with Crippen molar-refractivity contribution in [2.75, 3.05) is 13.1 Å². The Morgan fingerprint density at radius 2 is 1.96 bits per heavy atom. The molecule has 0 bridgehead atoms. The number of nitrogens with two attached hydrogens (primary N) is 1. The number of benzene rings is 1. The Balaban J connectivity index is 1.75. The normalized spacial score (nSPS) is 18.6. The molecule has 1 aliphatic rings. The van der Waals surface area contributed by atoms with E-state index < -0.39 is 0 Å². The van der Waals surface area contributed by atoms with Gasteiger partial charge in [-0.1, -0.05) is 55.3 Å². The summed E-state index contributed by atoms with van der Waals surface area (Å²) in [6.45, 7) is 8.14. The Bertz CT molecular complexity index is 763. The van der Waals surface area contributed by atoms with Crippen molar-refractivity contribution < 1.29 is 4.79 Å². The summed E-state index contributed by atoms with van der Waals surface area (Å²) in [5, 5.41) is 12.0. The molecule has 1 aromatic carbocycles. The highest BCUT2D eigenvalue weighted by atomic mass is 16.1. The van der Waals surface area contributed by atoms with Gasteiger partial charge >= 0.3 is 0 Å². The van der Waals surface area contributed by atoms with Gasteiger partial charge in [0.1, 0.15) is 6.04 Å². The third kappa shape index (κ3) is 4.86. The molecule has 1 fully saturated rings. The van der Waals surface area contributed by atoms with Crippen LogP contribution < -0.4 is 11.1 Å². The third-order valence-corrected chi connectivity index (χ3v) is 5.99. The molecule has 6 heteroatoms. The molecule has 6 nitrogen and oxygen atoms in total. The average molecular weight is 384 g/mol. The number of ketones is 1. The molecule has 152 valence electrons. The van der Waals surface area contributed by atoms with E-state index in [9.17, 15) is 4.79 Å².